The van der Waals surface area contributed by atoms with Gasteiger partial charge in [0.15, 0.2) is 0 Å². The minimum atomic E-state index is 0.757. The molecule has 0 radical (unpaired) electrons. The second-order valence-electron chi connectivity index (χ2n) is 5.27. The zero-order valence-corrected chi connectivity index (χ0v) is 11.5. The molecule has 0 bridgehead atoms. The normalized spacial score (nSPS) is 18.3. The van der Waals surface area contributed by atoms with Gasteiger partial charge in [0.1, 0.15) is 11.4 Å². The highest BCUT2D eigenvalue weighted by atomic mass is 15.3. The van der Waals surface area contributed by atoms with Gasteiger partial charge in [-0.3, -0.25) is 0 Å². The van der Waals surface area contributed by atoms with E-state index in [1.807, 2.05) is 18.2 Å². The fourth-order valence-corrected chi connectivity index (χ4v) is 2.64. The third kappa shape index (κ3) is 3.14. The molecular weight excluding hydrogens is 248 g/mol. The van der Waals surface area contributed by atoms with Crippen molar-refractivity contribution in [2.24, 2.45) is 5.92 Å². The van der Waals surface area contributed by atoms with Crippen molar-refractivity contribution in [2.75, 3.05) is 6.54 Å². The monoisotopic (exact) mass is 268 g/mol. The Labute approximate surface area is 119 Å². The van der Waals surface area contributed by atoms with E-state index in [1.165, 1.54) is 19.3 Å². The molecule has 1 heterocycles. The van der Waals surface area contributed by atoms with Gasteiger partial charge in [0.25, 0.3) is 0 Å². The van der Waals surface area contributed by atoms with E-state index in [9.17, 15) is 0 Å². The molecule has 0 fully saturated rings. The molecule has 1 aromatic carbocycles. The first kappa shape index (κ1) is 13.1. The number of H-pyrrole nitrogens is 1. The van der Waals surface area contributed by atoms with Gasteiger partial charge in [-0.2, -0.15) is 15.4 Å². The summed E-state index contributed by atoms with van der Waals surface area (Å²) in [6, 6.07) is 10.2. The lowest BCUT2D eigenvalue weighted by atomic mass is 9.94. The highest BCUT2D eigenvalue weighted by Gasteiger charge is 2.12. The van der Waals surface area contributed by atoms with Gasteiger partial charge in [-0.05, 0) is 31.7 Å². The summed E-state index contributed by atoms with van der Waals surface area (Å²) in [5.74, 6) is 0.757. The Morgan fingerprint density at radius 2 is 2.05 bits per heavy atom. The topological polar surface area (TPSA) is 53.6 Å². The van der Waals surface area contributed by atoms with E-state index in [-0.39, 0.29) is 0 Å². The first-order valence-electron chi connectivity index (χ1n) is 7.24. The Bertz CT molecular complexity index is 559. The molecule has 3 rings (SSSR count). The number of hydrogen-bond donors (Lipinski definition) is 2. The van der Waals surface area contributed by atoms with Gasteiger partial charge in [-0.25, -0.2) is 0 Å². The van der Waals surface area contributed by atoms with Crippen LogP contribution in [0.3, 0.4) is 0 Å². The first-order valence-corrected chi connectivity index (χ1v) is 7.24. The average molecular weight is 268 g/mol. The highest BCUT2D eigenvalue weighted by Crippen LogP contribution is 2.20. The van der Waals surface area contributed by atoms with Crippen molar-refractivity contribution in [1.82, 2.24) is 20.7 Å². The van der Waals surface area contributed by atoms with Crippen LogP contribution in [0.5, 0.6) is 0 Å². The molecule has 0 spiro atoms. The lowest BCUT2D eigenvalue weighted by molar-refractivity contribution is 0.439. The van der Waals surface area contributed by atoms with Gasteiger partial charge >= 0.3 is 0 Å². The van der Waals surface area contributed by atoms with Crippen LogP contribution < -0.4 is 5.32 Å². The first-order chi connectivity index (χ1) is 9.93. The quantitative estimate of drug-likeness (QED) is 0.820. The van der Waals surface area contributed by atoms with Gasteiger partial charge in [0, 0.05) is 12.1 Å². The molecule has 2 aromatic rings. The summed E-state index contributed by atoms with van der Waals surface area (Å²) in [7, 11) is 0. The van der Waals surface area contributed by atoms with Crippen molar-refractivity contribution in [1.29, 1.82) is 0 Å². The van der Waals surface area contributed by atoms with E-state index in [1.54, 1.807) is 0 Å². The Hall–Kier alpha value is -1.94. The number of benzene rings is 1. The van der Waals surface area contributed by atoms with E-state index >= 15 is 0 Å². The summed E-state index contributed by atoms with van der Waals surface area (Å²) in [5, 5.41) is 14.8. The molecule has 0 saturated heterocycles. The van der Waals surface area contributed by atoms with Crippen molar-refractivity contribution in [3.05, 3.63) is 48.2 Å². The van der Waals surface area contributed by atoms with Gasteiger partial charge < -0.3 is 5.32 Å². The van der Waals surface area contributed by atoms with Gasteiger partial charge in [-0.1, -0.05) is 42.5 Å². The van der Waals surface area contributed by atoms with Crippen molar-refractivity contribution < 1.29 is 0 Å². The zero-order valence-electron chi connectivity index (χ0n) is 11.5. The SMILES string of the molecule is C1=CCC(CNCc2n[nH]nc2-c2ccccc2)CC1. The minimum absolute atomic E-state index is 0.757. The Balaban J connectivity index is 1.58. The van der Waals surface area contributed by atoms with Crippen molar-refractivity contribution in [3.63, 3.8) is 0 Å². The number of aromatic nitrogens is 3. The molecule has 1 aliphatic rings. The van der Waals surface area contributed by atoms with E-state index < -0.39 is 0 Å². The summed E-state index contributed by atoms with van der Waals surface area (Å²) in [6.45, 7) is 1.81. The molecule has 1 atom stereocenters. The number of aromatic amines is 1. The average Bonchev–Trinajstić information content (AvgIpc) is 2.98. The number of allylic oxidation sites excluding steroid dienone is 2. The maximum absolute atomic E-state index is 4.26. The number of nitrogens with one attached hydrogen (secondary N) is 2. The summed E-state index contributed by atoms with van der Waals surface area (Å²) >= 11 is 0. The Kier molecular flexibility index (Phi) is 4.23. The van der Waals surface area contributed by atoms with Gasteiger partial charge in [-0.15, -0.1) is 0 Å². The Morgan fingerprint density at radius 3 is 2.85 bits per heavy atom. The highest BCUT2D eigenvalue weighted by molar-refractivity contribution is 5.60. The summed E-state index contributed by atoms with van der Waals surface area (Å²) in [4.78, 5) is 0. The number of nitrogens with zero attached hydrogens (tertiary/aromatic N) is 2. The second-order valence-corrected chi connectivity index (χ2v) is 5.27. The standard InChI is InChI=1S/C16H20N4/c1-3-7-13(8-4-1)11-17-12-15-16(19-20-18-15)14-9-5-2-6-10-14/h1-3,5-6,9-10,13,17H,4,7-8,11-12H2,(H,18,19,20). The van der Waals surface area contributed by atoms with Crippen molar-refractivity contribution >= 4 is 0 Å². The van der Waals surface area contributed by atoms with Crippen LogP contribution in [0.1, 0.15) is 25.0 Å². The van der Waals surface area contributed by atoms with Crippen LogP contribution in [0.15, 0.2) is 42.5 Å². The molecular formula is C16H20N4. The minimum Gasteiger partial charge on any atom is -0.311 e. The fourth-order valence-electron chi connectivity index (χ4n) is 2.64. The second kappa shape index (κ2) is 6.48. The molecule has 0 aliphatic heterocycles. The number of rotatable bonds is 5. The molecule has 1 aromatic heterocycles. The summed E-state index contributed by atoms with van der Waals surface area (Å²) in [5.41, 5.74) is 3.04. The van der Waals surface area contributed by atoms with Crippen LogP contribution in [-0.2, 0) is 6.54 Å². The van der Waals surface area contributed by atoms with Crippen LogP contribution in [-0.4, -0.2) is 22.0 Å². The third-order valence-electron chi connectivity index (χ3n) is 3.77. The summed E-state index contributed by atoms with van der Waals surface area (Å²) < 4.78 is 0. The van der Waals surface area contributed by atoms with Gasteiger partial charge in [0.2, 0.25) is 0 Å². The lowest BCUT2D eigenvalue weighted by Gasteiger charge is -2.17. The van der Waals surface area contributed by atoms with Crippen LogP contribution in [0.4, 0.5) is 0 Å². The fraction of sp³-hybridized carbons (Fsp3) is 0.375. The predicted octanol–water partition coefficient (Wildman–Crippen LogP) is 2.92. The van der Waals surface area contributed by atoms with E-state index in [0.29, 0.717) is 0 Å². The molecule has 1 unspecified atom stereocenters. The molecule has 1 aliphatic carbocycles. The molecule has 20 heavy (non-hydrogen) atoms. The zero-order chi connectivity index (χ0) is 13.6. The maximum Gasteiger partial charge on any atom is 0.117 e. The maximum atomic E-state index is 4.26. The summed E-state index contributed by atoms with van der Waals surface area (Å²) in [6.07, 6.45) is 8.26. The van der Waals surface area contributed by atoms with E-state index in [0.717, 1.165) is 36.0 Å². The predicted molar refractivity (Wildman–Crippen MR) is 80.0 cm³/mol. The Morgan fingerprint density at radius 1 is 1.15 bits per heavy atom. The van der Waals surface area contributed by atoms with Crippen LogP contribution in [0, 0.1) is 5.92 Å². The van der Waals surface area contributed by atoms with Crippen molar-refractivity contribution in [3.8, 4) is 11.3 Å². The lowest BCUT2D eigenvalue weighted by Crippen LogP contribution is -2.23. The molecule has 0 amide bonds. The molecule has 4 nitrogen and oxygen atoms in total. The molecule has 0 saturated carbocycles. The van der Waals surface area contributed by atoms with Crippen molar-refractivity contribution in [2.45, 2.75) is 25.8 Å². The van der Waals surface area contributed by atoms with Crippen LogP contribution >= 0.6 is 0 Å². The largest absolute Gasteiger partial charge is 0.311 e. The van der Waals surface area contributed by atoms with Gasteiger partial charge in [0.05, 0.1) is 0 Å². The van der Waals surface area contributed by atoms with Crippen LogP contribution in [0.2, 0.25) is 0 Å². The third-order valence-corrected chi connectivity index (χ3v) is 3.77. The smallest absolute Gasteiger partial charge is 0.117 e. The van der Waals surface area contributed by atoms with E-state index in [2.05, 4.69) is 45.0 Å². The molecule has 104 valence electrons. The van der Waals surface area contributed by atoms with Crippen LogP contribution in [0.25, 0.3) is 11.3 Å². The molecule has 2 N–H and O–H groups in total. The van der Waals surface area contributed by atoms with E-state index in [4.69, 9.17) is 0 Å². The molecule has 4 heteroatoms. The number of hydrogen-bond acceptors (Lipinski definition) is 3.